The molecular weight excluding hydrogens is 641 g/mol. The van der Waals surface area contributed by atoms with Crippen LogP contribution in [0.2, 0.25) is 5.02 Å². The third-order valence-corrected chi connectivity index (χ3v) is 9.79. The molecule has 3 amide bonds. The van der Waals surface area contributed by atoms with Crippen LogP contribution in [-0.2, 0) is 34.1 Å². The lowest BCUT2D eigenvalue weighted by Crippen LogP contribution is -2.51. The van der Waals surface area contributed by atoms with Gasteiger partial charge < -0.3 is 19.9 Å². The van der Waals surface area contributed by atoms with E-state index in [2.05, 4.69) is 5.32 Å². The summed E-state index contributed by atoms with van der Waals surface area (Å²) in [6.45, 7) is 0.571. The van der Waals surface area contributed by atoms with Crippen molar-refractivity contribution in [2.45, 2.75) is 44.8 Å². The lowest BCUT2D eigenvalue weighted by atomic mass is 10.0. The molecule has 0 unspecified atom stereocenters. The Labute approximate surface area is 270 Å². The van der Waals surface area contributed by atoms with Crippen molar-refractivity contribution in [3.8, 4) is 16.9 Å². The van der Waals surface area contributed by atoms with Crippen LogP contribution < -0.4 is 21.3 Å². The minimum Gasteiger partial charge on any atom is -0.497 e. The van der Waals surface area contributed by atoms with Crippen molar-refractivity contribution < 1.29 is 27.1 Å². The number of anilines is 1. The second-order valence-corrected chi connectivity index (χ2v) is 14.1. The highest BCUT2D eigenvalue weighted by Crippen LogP contribution is 2.29. The highest BCUT2D eigenvalue weighted by atomic mass is 35.5. The summed E-state index contributed by atoms with van der Waals surface area (Å²) in [6.07, 6.45) is 3.93. The average Bonchev–Trinajstić information content (AvgIpc) is 3.18. The van der Waals surface area contributed by atoms with Crippen molar-refractivity contribution in [1.29, 1.82) is 0 Å². The first-order valence-electron chi connectivity index (χ1n) is 14.8. The summed E-state index contributed by atoms with van der Waals surface area (Å²) in [7, 11) is -1.77. The van der Waals surface area contributed by atoms with E-state index in [0.717, 1.165) is 32.7 Å². The van der Waals surface area contributed by atoms with Gasteiger partial charge in [-0.25, -0.2) is 22.4 Å². The molecule has 2 aliphatic rings. The number of fused-ring (bicyclic) bond motifs is 1. The molecule has 46 heavy (non-hydrogen) atoms. The Balaban J connectivity index is 1.32. The zero-order valence-corrected chi connectivity index (χ0v) is 27.1. The van der Waals surface area contributed by atoms with Crippen LogP contribution in [0.15, 0.2) is 52.2 Å². The topological polar surface area (TPSA) is 140 Å². The van der Waals surface area contributed by atoms with E-state index in [1.54, 1.807) is 23.0 Å². The maximum atomic E-state index is 14.3. The van der Waals surface area contributed by atoms with Gasteiger partial charge in [0.05, 0.1) is 23.4 Å². The number of halogens is 2. The summed E-state index contributed by atoms with van der Waals surface area (Å²) in [6, 6.07) is 9.15. The predicted molar refractivity (Wildman–Crippen MR) is 172 cm³/mol. The Kier molecular flexibility index (Phi) is 9.87. The molecule has 2 aliphatic heterocycles. The fourth-order valence-corrected chi connectivity index (χ4v) is 6.80. The molecule has 12 nitrogen and oxygen atoms in total. The first-order chi connectivity index (χ1) is 21.9. The molecular formula is C31H35ClFN5O7S. The SMILES string of the molecule is COc1ccc2c(c1)CCN(C1CCN(C(=O)Cn3cc(-c4cccc(F)c4Cl)c(=O)n(CCCS(C)(=O)=O)c3=O)CC1)C(=O)N2. The van der Waals surface area contributed by atoms with Gasteiger partial charge >= 0.3 is 11.7 Å². The number of aromatic nitrogens is 2. The molecule has 2 aromatic carbocycles. The fraction of sp³-hybridized carbons (Fsp3) is 0.419. The number of rotatable bonds is 9. The Morgan fingerprint density at radius 1 is 1.09 bits per heavy atom. The van der Waals surface area contributed by atoms with Gasteiger partial charge in [-0.15, -0.1) is 0 Å². The second-order valence-electron chi connectivity index (χ2n) is 11.5. The molecule has 0 radical (unpaired) electrons. The summed E-state index contributed by atoms with van der Waals surface area (Å²) >= 11 is 6.17. The lowest BCUT2D eigenvalue weighted by molar-refractivity contribution is -0.133. The van der Waals surface area contributed by atoms with E-state index in [4.69, 9.17) is 16.3 Å². The quantitative estimate of drug-likeness (QED) is 0.368. The predicted octanol–water partition coefficient (Wildman–Crippen LogP) is 2.99. The minimum absolute atomic E-state index is 0.0154. The number of methoxy groups -OCH3 is 1. The largest absolute Gasteiger partial charge is 0.497 e. The third-order valence-electron chi connectivity index (χ3n) is 8.38. The van der Waals surface area contributed by atoms with Crippen molar-refractivity contribution >= 4 is 39.1 Å². The standard InChI is InChI=1S/C31H35ClFN5O7S/c1-45-22-7-8-26-20(17-22)9-15-37(30(41)34-26)21-10-13-35(14-11-21)27(39)19-36-18-24(23-5-3-6-25(33)28(23)32)29(40)38(31(36)42)12-4-16-46(2,43)44/h3,5-8,17-18,21H,4,9-16,19H2,1-2H3,(H,34,41). The number of nitrogens with zero attached hydrogens (tertiary/aromatic N) is 4. The Morgan fingerprint density at radius 2 is 1.83 bits per heavy atom. The number of nitrogens with one attached hydrogen (secondary N) is 1. The third kappa shape index (κ3) is 7.28. The number of likely N-dealkylation sites (tertiary alicyclic amines) is 1. The van der Waals surface area contributed by atoms with Gasteiger partial charge in [0, 0.05) is 55.9 Å². The number of benzene rings is 2. The van der Waals surface area contributed by atoms with Crippen LogP contribution in [0.3, 0.4) is 0 Å². The van der Waals surface area contributed by atoms with E-state index < -0.39 is 33.4 Å². The normalized spacial score (nSPS) is 15.7. The van der Waals surface area contributed by atoms with E-state index in [0.29, 0.717) is 44.6 Å². The van der Waals surface area contributed by atoms with Crippen LogP contribution in [0, 0.1) is 5.82 Å². The number of carbonyl (C=O) groups excluding carboxylic acids is 2. The molecule has 1 fully saturated rings. The molecule has 0 aliphatic carbocycles. The number of sulfone groups is 1. The van der Waals surface area contributed by atoms with Crippen LogP contribution >= 0.6 is 11.6 Å². The Morgan fingerprint density at radius 3 is 2.52 bits per heavy atom. The molecule has 1 saturated heterocycles. The van der Waals surface area contributed by atoms with Gasteiger partial charge in [0.25, 0.3) is 5.56 Å². The van der Waals surface area contributed by atoms with E-state index in [-0.39, 0.29) is 52.8 Å². The highest BCUT2D eigenvalue weighted by Gasteiger charge is 2.32. The van der Waals surface area contributed by atoms with Crippen LogP contribution in [0.1, 0.15) is 24.8 Å². The van der Waals surface area contributed by atoms with Gasteiger partial charge in [-0.05, 0) is 55.5 Å². The number of ether oxygens (including phenoxy) is 1. The number of urea groups is 1. The summed E-state index contributed by atoms with van der Waals surface area (Å²) < 4.78 is 44.9. The Bertz CT molecular complexity index is 1890. The molecule has 0 bridgehead atoms. The lowest BCUT2D eigenvalue weighted by Gasteiger charge is -2.38. The molecule has 5 rings (SSSR count). The summed E-state index contributed by atoms with van der Waals surface area (Å²) in [5, 5.41) is 2.65. The van der Waals surface area contributed by atoms with Crippen molar-refractivity contribution in [2.75, 3.05) is 44.1 Å². The number of hydrogen-bond acceptors (Lipinski definition) is 7. The number of piperidine rings is 1. The van der Waals surface area contributed by atoms with Gasteiger partial charge in [0.1, 0.15) is 27.9 Å². The molecule has 15 heteroatoms. The monoisotopic (exact) mass is 675 g/mol. The summed E-state index contributed by atoms with van der Waals surface area (Å²) in [5.41, 5.74) is 0.0950. The van der Waals surface area contributed by atoms with Crippen LogP contribution in [0.4, 0.5) is 14.9 Å². The zero-order chi connectivity index (χ0) is 33.2. The molecule has 3 aromatic rings. The molecule has 1 N–H and O–H groups in total. The van der Waals surface area contributed by atoms with Crippen molar-refractivity contribution in [2.24, 2.45) is 0 Å². The molecule has 0 saturated carbocycles. The number of hydrogen-bond donors (Lipinski definition) is 1. The van der Waals surface area contributed by atoms with Gasteiger partial charge in [-0.1, -0.05) is 23.7 Å². The molecule has 0 spiro atoms. The van der Waals surface area contributed by atoms with E-state index >= 15 is 0 Å². The molecule has 3 heterocycles. The smallest absolute Gasteiger partial charge is 0.331 e. The maximum Gasteiger partial charge on any atom is 0.331 e. The second kappa shape index (κ2) is 13.7. The average molecular weight is 676 g/mol. The van der Waals surface area contributed by atoms with Gasteiger partial charge in [-0.2, -0.15) is 0 Å². The van der Waals surface area contributed by atoms with Crippen LogP contribution in [0.5, 0.6) is 5.75 Å². The van der Waals surface area contributed by atoms with E-state index in [1.165, 1.54) is 18.3 Å². The number of carbonyl (C=O) groups is 2. The minimum atomic E-state index is -3.36. The fourth-order valence-electron chi connectivity index (χ4n) is 5.92. The maximum absolute atomic E-state index is 14.3. The first-order valence-corrected chi connectivity index (χ1v) is 17.3. The molecule has 246 valence electrons. The summed E-state index contributed by atoms with van der Waals surface area (Å²) in [5.74, 6) is -0.686. The van der Waals surface area contributed by atoms with Crippen LogP contribution in [0.25, 0.3) is 11.1 Å². The Hall–Kier alpha value is -4.17. The van der Waals surface area contributed by atoms with E-state index in [9.17, 15) is 32.0 Å². The number of amides is 3. The van der Waals surface area contributed by atoms with Crippen molar-refractivity contribution in [1.82, 2.24) is 18.9 Å². The van der Waals surface area contributed by atoms with Gasteiger partial charge in [0.15, 0.2) is 0 Å². The van der Waals surface area contributed by atoms with Gasteiger partial charge in [0.2, 0.25) is 5.91 Å². The zero-order valence-electron chi connectivity index (χ0n) is 25.5. The first kappa shape index (κ1) is 33.2. The summed E-state index contributed by atoms with van der Waals surface area (Å²) in [4.78, 5) is 56.7. The molecule has 0 atom stereocenters. The van der Waals surface area contributed by atoms with Crippen LogP contribution in [-0.4, -0.2) is 84.1 Å². The van der Waals surface area contributed by atoms with Gasteiger partial charge in [-0.3, -0.25) is 18.7 Å². The molecule has 1 aromatic heterocycles. The van der Waals surface area contributed by atoms with E-state index in [1.807, 2.05) is 12.1 Å². The van der Waals surface area contributed by atoms with Crippen molar-refractivity contribution in [3.63, 3.8) is 0 Å². The highest BCUT2D eigenvalue weighted by molar-refractivity contribution is 7.90. The van der Waals surface area contributed by atoms with Crippen molar-refractivity contribution in [3.05, 3.63) is 79.8 Å².